The molecule has 1 atom stereocenters. The van der Waals surface area contributed by atoms with Crippen LogP contribution in [0.25, 0.3) is 0 Å². The minimum atomic E-state index is -1.17. The maximum atomic E-state index is 12.0. The van der Waals surface area contributed by atoms with Crippen LogP contribution >= 0.6 is 22.9 Å². The highest BCUT2D eigenvalue weighted by Crippen LogP contribution is 2.24. The molecule has 136 valence electrons. The number of thiophene rings is 1. The normalized spacial score (nSPS) is 16.3. The maximum Gasteiger partial charge on any atom is 0.414 e. The van der Waals surface area contributed by atoms with E-state index < -0.39 is 18.3 Å². The van der Waals surface area contributed by atoms with E-state index in [0.717, 1.165) is 0 Å². The summed E-state index contributed by atoms with van der Waals surface area (Å²) in [5.41, 5.74) is 0.969. The summed E-state index contributed by atoms with van der Waals surface area (Å²) in [4.78, 5) is 36.5. The first-order valence-corrected chi connectivity index (χ1v) is 8.73. The van der Waals surface area contributed by atoms with E-state index in [9.17, 15) is 14.4 Å². The summed E-state index contributed by atoms with van der Waals surface area (Å²) in [5, 5.41) is 13.6. The molecule has 0 spiro atoms. The van der Waals surface area contributed by atoms with E-state index >= 15 is 0 Å². The quantitative estimate of drug-likeness (QED) is 0.720. The predicted molar refractivity (Wildman–Crippen MR) is 97.4 cm³/mol. The Morgan fingerprint density at radius 3 is 2.62 bits per heavy atom. The lowest BCUT2D eigenvalue weighted by Gasteiger charge is -2.13. The number of rotatable bonds is 5. The van der Waals surface area contributed by atoms with Gasteiger partial charge in [0, 0.05) is 11.4 Å². The van der Waals surface area contributed by atoms with Crippen LogP contribution in [0.15, 0.2) is 36.4 Å². The molecule has 0 bridgehead atoms. The number of carbonyl (C=O) groups excluding carboxylic acids is 2. The lowest BCUT2D eigenvalue weighted by Crippen LogP contribution is -2.34. The zero-order valence-corrected chi connectivity index (χ0v) is 14.8. The fourth-order valence-corrected chi connectivity index (χ4v) is 3.38. The first-order valence-electron chi connectivity index (χ1n) is 7.54. The van der Waals surface area contributed by atoms with Gasteiger partial charge in [-0.05, 0) is 36.4 Å². The Morgan fingerprint density at radius 2 is 2.00 bits per heavy atom. The van der Waals surface area contributed by atoms with Gasteiger partial charge in [0.1, 0.15) is 6.10 Å². The van der Waals surface area contributed by atoms with Gasteiger partial charge in [-0.25, -0.2) is 9.59 Å². The highest BCUT2D eigenvalue weighted by atomic mass is 35.5. The van der Waals surface area contributed by atoms with Crippen molar-refractivity contribution >= 4 is 52.4 Å². The Bertz CT molecular complexity index is 839. The number of cyclic esters (lactones) is 1. The van der Waals surface area contributed by atoms with E-state index in [4.69, 9.17) is 21.4 Å². The Kier molecular flexibility index (Phi) is 5.29. The molecule has 0 saturated carbocycles. The molecule has 10 heteroatoms. The van der Waals surface area contributed by atoms with Crippen molar-refractivity contribution in [1.29, 1.82) is 0 Å². The third-order valence-corrected chi connectivity index (χ3v) is 4.82. The van der Waals surface area contributed by atoms with Crippen molar-refractivity contribution < 1.29 is 24.2 Å². The largest absolute Gasteiger partial charge is 0.465 e. The fraction of sp³-hybridized carbons (Fsp3) is 0.188. The molecule has 1 aliphatic heterocycles. The van der Waals surface area contributed by atoms with Crippen LogP contribution in [0.1, 0.15) is 9.67 Å². The van der Waals surface area contributed by atoms with E-state index in [-0.39, 0.29) is 19.0 Å². The molecule has 1 fully saturated rings. The minimum Gasteiger partial charge on any atom is -0.465 e. The molecule has 1 saturated heterocycles. The van der Waals surface area contributed by atoms with E-state index in [2.05, 4.69) is 10.6 Å². The average molecular weight is 396 g/mol. The summed E-state index contributed by atoms with van der Waals surface area (Å²) < 4.78 is 5.78. The number of amides is 3. The van der Waals surface area contributed by atoms with Crippen LogP contribution in [0.2, 0.25) is 4.34 Å². The number of carbonyl (C=O) groups is 3. The smallest absolute Gasteiger partial charge is 0.414 e. The van der Waals surface area contributed by atoms with Crippen molar-refractivity contribution in [2.75, 3.05) is 23.3 Å². The Hall–Kier alpha value is -2.78. The van der Waals surface area contributed by atoms with Crippen LogP contribution in [0.4, 0.5) is 21.0 Å². The SMILES string of the molecule is O=C(O)Nc1ccc(N2CC(CNC(=O)c3ccc(Cl)s3)OC2=O)cc1. The maximum absolute atomic E-state index is 12.0. The first kappa shape index (κ1) is 18.0. The monoisotopic (exact) mass is 395 g/mol. The molecule has 1 aliphatic rings. The van der Waals surface area contributed by atoms with Crippen molar-refractivity contribution in [2.24, 2.45) is 0 Å². The van der Waals surface area contributed by atoms with Crippen LogP contribution in [0.3, 0.4) is 0 Å². The number of benzene rings is 1. The fourth-order valence-electron chi connectivity index (χ4n) is 2.42. The van der Waals surface area contributed by atoms with Crippen LogP contribution < -0.4 is 15.5 Å². The molecule has 26 heavy (non-hydrogen) atoms. The molecule has 1 unspecified atom stereocenters. The molecule has 0 radical (unpaired) electrons. The summed E-state index contributed by atoms with van der Waals surface area (Å²) in [5.74, 6) is -0.277. The lowest BCUT2D eigenvalue weighted by atomic mass is 10.2. The third-order valence-electron chi connectivity index (χ3n) is 3.59. The van der Waals surface area contributed by atoms with E-state index in [1.807, 2.05) is 0 Å². The van der Waals surface area contributed by atoms with Gasteiger partial charge in [0.25, 0.3) is 5.91 Å². The number of hydrogen-bond donors (Lipinski definition) is 3. The van der Waals surface area contributed by atoms with Gasteiger partial charge in [0.05, 0.1) is 22.3 Å². The molecular weight excluding hydrogens is 382 g/mol. The molecular formula is C16H14ClN3O5S. The van der Waals surface area contributed by atoms with Gasteiger partial charge in [0.15, 0.2) is 0 Å². The summed E-state index contributed by atoms with van der Waals surface area (Å²) in [6.45, 7) is 0.450. The summed E-state index contributed by atoms with van der Waals surface area (Å²) in [7, 11) is 0. The average Bonchev–Trinajstić information content (AvgIpc) is 3.19. The second-order valence-corrected chi connectivity index (χ2v) is 7.12. The van der Waals surface area contributed by atoms with Crippen molar-refractivity contribution in [3.8, 4) is 0 Å². The van der Waals surface area contributed by atoms with Crippen LogP contribution in [-0.4, -0.2) is 42.4 Å². The highest BCUT2D eigenvalue weighted by molar-refractivity contribution is 7.17. The summed E-state index contributed by atoms with van der Waals surface area (Å²) >= 11 is 6.97. The summed E-state index contributed by atoms with van der Waals surface area (Å²) in [6.07, 6.45) is -2.18. The van der Waals surface area contributed by atoms with Crippen molar-refractivity contribution in [1.82, 2.24) is 5.32 Å². The van der Waals surface area contributed by atoms with E-state index in [0.29, 0.717) is 20.6 Å². The van der Waals surface area contributed by atoms with Crippen LogP contribution in [0.5, 0.6) is 0 Å². The zero-order valence-electron chi connectivity index (χ0n) is 13.3. The van der Waals surface area contributed by atoms with E-state index in [1.54, 1.807) is 36.4 Å². The minimum absolute atomic E-state index is 0.176. The van der Waals surface area contributed by atoms with Gasteiger partial charge in [-0.3, -0.25) is 15.0 Å². The second kappa shape index (κ2) is 7.63. The zero-order chi connectivity index (χ0) is 18.7. The number of anilines is 2. The Balaban J connectivity index is 1.56. The predicted octanol–water partition coefficient (Wildman–Crippen LogP) is 3.25. The van der Waals surface area contributed by atoms with Gasteiger partial charge in [-0.1, -0.05) is 11.6 Å². The molecule has 3 amide bonds. The molecule has 1 aromatic carbocycles. The topological polar surface area (TPSA) is 108 Å². The number of carboxylic acid groups (broad SMARTS) is 1. The Labute approximate surface area is 157 Å². The second-order valence-electron chi connectivity index (χ2n) is 5.41. The molecule has 3 rings (SSSR count). The van der Waals surface area contributed by atoms with Crippen molar-refractivity contribution in [3.63, 3.8) is 0 Å². The third kappa shape index (κ3) is 4.24. The molecule has 2 heterocycles. The van der Waals surface area contributed by atoms with Crippen LogP contribution in [0, 0.1) is 0 Å². The molecule has 3 N–H and O–H groups in total. The number of ether oxygens (including phenoxy) is 1. The van der Waals surface area contributed by atoms with Gasteiger partial charge in [-0.15, -0.1) is 11.3 Å². The summed E-state index contributed by atoms with van der Waals surface area (Å²) in [6, 6.07) is 9.59. The van der Waals surface area contributed by atoms with Gasteiger partial charge in [-0.2, -0.15) is 0 Å². The molecule has 0 aliphatic carbocycles. The standard InChI is InChI=1S/C16H14ClN3O5S/c17-13-6-5-12(26-13)14(21)18-7-11-8-20(16(24)25-11)10-3-1-9(2-4-10)19-15(22)23/h1-6,11,19H,7-8H2,(H,18,21)(H,22,23). The highest BCUT2D eigenvalue weighted by Gasteiger charge is 2.32. The van der Waals surface area contributed by atoms with Gasteiger partial charge in [0.2, 0.25) is 0 Å². The van der Waals surface area contributed by atoms with Crippen LogP contribution in [-0.2, 0) is 4.74 Å². The van der Waals surface area contributed by atoms with Gasteiger partial charge < -0.3 is 15.2 Å². The van der Waals surface area contributed by atoms with Crippen molar-refractivity contribution in [3.05, 3.63) is 45.6 Å². The molecule has 2 aromatic rings. The van der Waals surface area contributed by atoms with Gasteiger partial charge >= 0.3 is 12.2 Å². The first-order chi connectivity index (χ1) is 12.4. The number of halogens is 1. The number of nitrogens with one attached hydrogen (secondary N) is 2. The van der Waals surface area contributed by atoms with Crippen molar-refractivity contribution in [2.45, 2.75) is 6.10 Å². The Morgan fingerprint density at radius 1 is 1.27 bits per heavy atom. The lowest BCUT2D eigenvalue weighted by molar-refractivity contribution is 0.0920. The molecule has 8 nitrogen and oxygen atoms in total. The van der Waals surface area contributed by atoms with E-state index in [1.165, 1.54) is 16.2 Å². The number of hydrogen-bond acceptors (Lipinski definition) is 5. The molecule has 1 aromatic heterocycles. The number of nitrogens with zero attached hydrogens (tertiary/aromatic N) is 1.